The Morgan fingerprint density at radius 2 is 1.67 bits per heavy atom. The standard InChI is InChI=1S/C24H22Br2N2O2/c1-2-30-19-10-5-15(6-11-19)21-14-22(20-13-18(26)9-12-23(20)29)28-24(27-21)16-3-7-17(25)8-4-16/h3-14,22,24,27-29H,2H2,1H3/p+1. The first-order valence-corrected chi connectivity index (χ1v) is 11.4. The fourth-order valence-corrected chi connectivity index (χ4v) is 4.28. The number of quaternary nitrogens is 1. The zero-order chi connectivity index (χ0) is 21.1. The Bertz CT molecular complexity index is 1050. The first-order valence-electron chi connectivity index (χ1n) is 9.84. The molecular weight excluding hydrogens is 508 g/mol. The minimum atomic E-state index is -0.0426. The third-order valence-corrected chi connectivity index (χ3v) is 6.13. The summed E-state index contributed by atoms with van der Waals surface area (Å²) in [6.07, 6.45) is 2.17. The molecule has 0 amide bonds. The van der Waals surface area contributed by atoms with Gasteiger partial charge in [-0.2, -0.15) is 0 Å². The molecule has 0 saturated carbocycles. The van der Waals surface area contributed by atoms with E-state index in [-0.39, 0.29) is 18.0 Å². The van der Waals surface area contributed by atoms with Crippen molar-refractivity contribution in [3.05, 3.63) is 98.4 Å². The molecule has 0 aromatic heterocycles. The molecule has 1 aliphatic rings. The molecule has 0 bridgehead atoms. The van der Waals surface area contributed by atoms with Crippen LogP contribution in [0.1, 0.15) is 35.8 Å². The third-order valence-electron chi connectivity index (χ3n) is 5.11. The summed E-state index contributed by atoms with van der Waals surface area (Å²) in [5.41, 5.74) is 4.14. The highest BCUT2D eigenvalue weighted by molar-refractivity contribution is 9.10. The van der Waals surface area contributed by atoms with Gasteiger partial charge in [-0.25, -0.2) is 0 Å². The minimum absolute atomic E-state index is 0.00745. The predicted octanol–water partition coefficient (Wildman–Crippen LogP) is 5.26. The van der Waals surface area contributed by atoms with Crippen molar-refractivity contribution >= 4 is 37.6 Å². The summed E-state index contributed by atoms with van der Waals surface area (Å²) in [5.74, 6) is 1.15. The van der Waals surface area contributed by atoms with Gasteiger partial charge in [0.15, 0.2) is 6.17 Å². The lowest BCUT2D eigenvalue weighted by molar-refractivity contribution is -0.731. The van der Waals surface area contributed by atoms with Crippen LogP contribution in [0.2, 0.25) is 0 Å². The summed E-state index contributed by atoms with van der Waals surface area (Å²) >= 11 is 7.04. The first kappa shape index (κ1) is 21.0. The van der Waals surface area contributed by atoms with E-state index < -0.39 is 0 Å². The van der Waals surface area contributed by atoms with Crippen LogP contribution in [0.4, 0.5) is 0 Å². The van der Waals surface area contributed by atoms with Crippen LogP contribution < -0.4 is 15.4 Å². The van der Waals surface area contributed by atoms with Gasteiger partial charge in [0.25, 0.3) is 0 Å². The number of halogens is 2. The van der Waals surface area contributed by atoms with Crippen LogP contribution in [0.3, 0.4) is 0 Å². The van der Waals surface area contributed by atoms with Gasteiger partial charge >= 0.3 is 0 Å². The van der Waals surface area contributed by atoms with E-state index in [1.54, 1.807) is 6.07 Å². The maximum absolute atomic E-state index is 10.5. The Morgan fingerprint density at radius 3 is 2.37 bits per heavy atom. The number of phenols is 1. The molecule has 1 aliphatic heterocycles. The van der Waals surface area contributed by atoms with Gasteiger partial charge in [0.1, 0.15) is 17.5 Å². The lowest BCUT2D eigenvalue weighted by Crippen LogP contribution is -2.89. The van der Waals surface area contributed by atoms with Gasteiger partial charge in [0.2, 0.25) is 0 Å². The molecule has 3 aromatic rings. The topological polar surface area (TPSA) is 58.1 Å². The molecule has 4 N–H and O–H groups in total. The number of nitrogens with one attached hydrogen (secondary N) is 1. The second kappa shape index (κ2) is 9.25. The first-order chi connectivity index (χ1) is 14.5. The van der Waals surface area contributed by atoms with Crippen molar-refractivity contribution < 1.29 is 15.2 Å². The van der Waals surface area contributed by atoms with Gasteiger partial charge in [-0.05, 0) is 79.2 Å². The quantitative estimate of drug-likeness (QED) is 0.421. The Hall–Kier alpha value is -2.28. The Kier molecular flexibility index (Phi) is 6.46. The fraction of sp³-hybridized carbons (Fsp3) is 0.167. The van der Waals surface area contributed by atoms with Crippen LogP contribution in [0, 0.1) is 0 Å². The molecule has 6 heteroatoms. The Balaban J connectivity index is 1.73. The SMILES string of the molecule is CCOc1ccc(C2=CC(c3cc(Br)ccc3O)[NH2+]C(c3ccc(Br)cc3)N2)cc1. The van der Waals surface area contributed by atoms with E-state index in [4.69, 9.17) is 4.74 Å². The highest BCUT2D eigenvalue weighted by Gasteiger charge is 2.29. The second-order valence-corrected chi connectivity index (χ2v) is 8.96. The van der Waals surface area contributed by atoms with Gasteiger partial charge in [-0.3, -0.25) is 0 Å². The van der Waals surface area contributed by atoms with Crippen molar-refractivity contribution in [1.82, 2.24) is 5.32 Å². The Morgan fingerprint density at radius 1 is 0.967 bits per heavy atom. The van der Waals surface area contributed by atoms with E-state index in [1.165, 1.54) is 0 Å². The zero-order valence-corrected chi connectivity index (χ0v) is 19.7. The van der Waals surface area contributed by atoms with Crippen LogP contribution in [0.5, 0.6) is 11.5 Å². The molecule has 0 saturated heterocycles. The molecule has 1 heterocycles. The van der Waals surface area contributed by atoms with E-state index in [9.17, 15) is 5.11 Å². The molecule has 2 unspecified atom stereocenters. The van der Waals surface area contributed by atoms with Gasteiger partial charge in [-0.1, -0.05) is 31.9 Å². The lowest BCUT2D eigenvalue weighted by atomic mass is 9.98. The van der Waals surface area contributed by atoms with E-state index in [1.807, 2.05) is 43.3 Å². The third kappa shape index (κ3) is 4.72. The van der Waals surface area contributed by atoms with Crippen LogP contribution in [-0.2, 0) is 0 Å². The number of benzene rings is 3. The summed E-state index contributed by atoms with van der Waals surface area (Å²) in [4.78, 5) is 0. The normalized spacial score (nSPS) is 18.4. The van der Waals surface area contributed by atoms with Crippen molar-refractivity contribution in [3.63, 3.8) is 0 Å². The van der Waals surface area contributed by atoms with Crippen molar-refractivity contribution in [2.24, 2.45) is 0 Å². The number of hydrogen-bond donors (Lipinski definition) is 3. The fourth-order valence-electron chi connectivity index (χ4n) is 3.63. The Labute approximate surface area is 193 Å². The minimum Gasteiger partial charge on any atom is -0.507 e. The zero-order valence-electron chi connectivity index (χ0n) is 16.5. The molecule has 0 spiro atoms. The number of ether oxygens (including phenoxy) is 1. The van der Waals surface area contributed by atoms with Crippen LogP contribution >= 0.6 is 31.9 Å². The maximum atomic E-state index is 10.5. The van der Waals surface area contributed by atoms with Crippen LogP contribution in [-0.4, -0.2) is 11.7 Å². The van der Waals surface area contributed by atoms with Crippen molar-refractivity contribution in [1.29, 1.82) is 0 Å². The van der Waals surface area contributed by atoms with Crippen LogP contribution in [0.15, 0.2) is 81.8 Å². The molecule has 30 heavy (non-hydrogen) atoms. The van der Waals surface area contributed by atoms with Gasteiger partial charge in [-0.15, -0.1) is 0 Å². The number of phenolic OH excluding ortho intramolecular Hbond substituents is 1. The number of hydrogen-bond acceptors (Lipinski definition) is 3. The molecule has 154 valence electrons. The van der Waals surface area contributed by atoms with E-state index in [0.29, 0.717) is 6.61 Å². The highest BCUT2D eigenvalue weighted by Crippen LogP contribution is 2.31. The van der Waals surface area contributed by atoms with Crippen molar-refractivity contribution in [3.8, 4) is 11.5 Å². The van der Waals surface area contributed by atoms with Crippen molar-refractivity contribution in [2.45, 2.75) is 19.1 Å². The molecule has 0 fully saturated rings. The smallest absolute Gasteiger partial charge is 0.186 e. The van der Waals surface area contributed by atoms with Gasteiger partial charge in [0, 0.05) is 26.3 Å². The maximum Gasteiger partial charge on any atom is 0.186 e. The summed E-state index contributed by atoms with van der Waals surface area (Å²) in [6.45, 7) is 2.62. The van der Waals surface area contributed by atoms with E-state index in [0.717, 1.165) is 37.1 Å². The number of aromatic hydroxyl groups is 1. The monoisotopic (exact) mass is 529 g/mol. The molecule has 2 atom stereocenters. The summed E-state index contributed by atoms with van der Waals surface area (Å²) in [6, 6.07) is 21.9. The average molecular weight is 531 g/mol. The molecular formula is C24H23Br2N2O2+. The number of nitrogens with two attached hydrogens (primary N) is 1. The average Bonchev–Trinajstić information content (AvgIpc) is 2.76. The van der Waals surface area contributed by atoms with E-state index >= 15 is 0 Å². The molecule has 4 rings (SSSR count). The molecule has 0 aliphatic carbocycles. The molecule has 4 nitrogen and oxygen atoms in total. The van der Waals surface area contributed by atoms with Gasteiger partial charge < -0.3 is 20.5 Å². The molecule has 0 radical (unpaired) electrons. The second-order valence-electron chi connectivity index (χ2n) is 7.13. The van der Waals surface area contributed by atoms with Crippen molar-refractivity contribution in [2.75, 3.05) is 6.61 Å². The number of rotatable bonds is 5. The molecule has 3 aromatic carbocycles. The lowest BCUT2D eigenvalue weighted by Gasteiger charge is -2.30. The van der Waals surface area contributed by atoms with Crippen LogP contribution in [0.25, 0.3) is 5.70 Å². The summed E-state index contributed by atoms with van der Waals surface area (Å²) in [7, 11) is 0. The van der Waals surface area contributed by atoms with E-state index in [2.05, 4.69) is 72.8 Å². The summed E-state index contributed by atoms with van der Waals surface area (Å²) < 4.78 is 7.57. The van der Waals surface area contributed by atoms with Gasteiger partial charge in [0.05, 0.1) is 12.2 Å². The largest absolute Gasteiger partial charge is 0.507 e. The highest BCUT2D eigenvalue weighted by atomic mass is 79.9. The predicted molar refractivity (Wildman–Crippen MR) is 126 cm³/mol. The summed E-state index contributed by atoms with van der Waals surface area (Å²) in [5, 5.41) is 16.4.